The fourth-order valence-electron chi connectivity index (χ4n) is 3.65. The van der Waals surface area contributed by atoms with Gasteiger partial charge in [-0.15, -0.1) is 0 Å². The minimum Gasteiger partial charge on any atom is -0.480 e. The van der Waals surface area contributed by atoms with Crippen molar-refractivity contribution in [2.75, 3.05) is 0 Å². The molecule has 1 saturated heterocycles. The molecule has 0 aromatic heterocycles. The van der Waals surface area contributed by atoms with E-state index in [9.17, 15) is 9.90 Å². The summed E-state index contributed by atoms with van der Waals surface area (Å²) in [6.07, 6.45) is 5.82. The molecule has 2 aliphatic rings. The zero-order chi connectivity index (χ0) is 11.9. The summed E-state index contributed by atoms with van der Waals surface area (Å²) in [7, 11) is 0. The molecule has 92 valence electrons. The number of likely N-dealkylation sites (tertiary alicyclic amines) is 1. The molecule has 1 N–H and O–H groups in total. The first-order chi connectivity index (χ1) is 7.41. The molecule has 1 heterocycles. The fourth-order valence-corrected chi connectivity index (χ4v) is 3.65. The van der Waals surface area contributed by atoms with Crippen LogP contribution in [-0.2, 0) is 4.79 Å². The van der Waals surface area contributed by atoms with E-state index in [0.29, 0.717) is 12.0 Å². The van der Waals surface area contributed by atoms with E-state index in [1.54, 1.807) is 0 Å². The predicted molar refractivity (Wildman–Crippen MR) is 63.4 cm³/mol. The summed E-state index contributed by atoms with van der Waals surface area (Å²) in [4.78, 5) is 13.6. The van der Waals surface area contributed by atoms with Crippen LogP contribution in [0.2, 0.25) is 0 Å². The second-order valence-corrected chi connectivity index (χ2v) is 6.28. The Labute approximate surface area is 97.8 Å². The molecule has 0 bridgehead atoms. The lowest BCUT2D eigenvalue weighted by Gasteiger charge is -2.42. The number of fused-ring (bicyclic) bond motifs is 1. The topological polar surface area (TPSA) is 40.5 Å². The van der Waals surface area contributed by atoms with E-state index >= 15 is 0 Å². The van der Waals surface area contributed by atoms with Crippen molar-refractivity contribution in [2.45, 2.75) is 70.5 Å². The predicted octanol–water partition coefficient (Wildman–Crippen LogP) is 2.50. The van der Waals surface area contributed by atoms with Crippen molar-refractivity contribution in [3.05, 3.63) is 0 Å². The lowest BCUT2D eigenvalue weighted by atomic mass is 9.84. The molecule has 16 heavy (non-hydrogen) atoms. The Kier molecular flexibility index (Phi) is 2.99. The normalized spacial score (nSPS) is 36.1. The van der Waals surface area contributed by atoms with Gasteiger partial charge in [0.15, 0.2) is 0 Å². The first kappa shape index (κ1) is 11.9. The van der Waals surface area contributed by atoms with Crippen LogP contribution in [0, 0.1) is 5.92 Å². The van der Waals surface area contributed by atoms with Gasteiger partial charge in [-0.05, 0) is 46.0 Å². The van der Waals surface area contributed by atoms with E-state index in [1.807, 2.05) is 0 Å². The summed E-state index contributed by atoms with van der Waals surface area (Å²) in [5.74, 6) is -0.0154. The van der Waals surface area contributed by atoms with Gasteiger partial charge in [0.1, 0.15) is 6.04 Å². The number of carbonyl (C=O) groups is 1. The number of rotatable bonds is 1. The molecule has 0 amide bonds. The molecule has 0 aromatic rings. The van der Waals surface area contributed by atoms with Crippen molar-refractivity contribution in [2.24, 2.45) is 5.92 Å². The van der Waals surface area contributed by atoms with Crippen molar-refractivity contribution < 1.29 is 9.90 Å². The molecule has 0 radical (unpaired) electrons. The van der Waals surface area contributed by atoms with E-state index in [0.717, 1.165) is 6.42 Å². The molecule has 3 atom stereocenters. The number of aliphatic carboxylic acids is 1. The second-order valence-electron chi connectivity index (χ2n) is 6.28. The second kappa shape index (κ2) is 4.02. The Bertz CT molecular complexity index is 282. The maximum atomic E-state index is 11.4. The van der Waals surface area contributed by atoms with Gasteiger partial charge in [0.2, 0.25) is 0 Å². The Balaban J connectivity index is 2.24. The maximum Gasteiger partial charge on any atom is 0.320 e. The van der Waals surface area contributed by atoms with E-state index in [4.69, 9.17) is 0 Å². The Morgan fingerprint density at radius 2 is 1.88 bits per heavy atom. The van der Waals surface area contributed by atoms with Crippen LogP contribution in [-0.4, -0.2) is 33.6 Å². The van der Waals surface area contributed by atoms with Crippen LogP contribution in [0.5, 0.6) is 0 Å². The fraction of sp³-hybridized carbons (Fsp3) is 0.923. The van der Waals surface area contributed by atoms with Crippen LogP contribution in [0.25, 0.3) is 0 Å². The number of nitrogens with zero attached hydrogens (tertiary/aromatic N) is 1. The monoisotopic (exact) mass is 225 g/mol. The molecule has 1 aliphatic heterocycles. The molecule has 1 saturated carbocycles. The highest BCUT2D eigenvalue weighted by atomic mass is 16.4. The van der Waals surface area contributed by atoms with E-state index in [-0.39, 0.29) is 11.6 Å². The number of hydrogen-bond donors (Lipinski definition) is 1. The van der Waals surface area contributed by atoms with Crippen molar-refractivity contribution in [1.29, 1.82) is 0 Å². The summed E-state index contributed by atoms with van der Waals surface area (Å²) >= 11 is 0. The van der Waals surface area contributed by atoms with E-state index in [1.165, 1.54) is 25.7 Å². The van der Waals surface area contributed by atoms with Crippen LogP contribution in [0.3, 0.4) is 0 Å². The summed E-state index contributed by atoms with van der Waals surface area (Å²) in [5, 5.41) is 9.35. The molecular weight excluding hydrogens is 202 g/mol. The SMILES string of the molecule is CC(C)(C)N1C(C(=O)O)CC2CCCCC21. The minimum atomic E-state index is -0.635. The van der Waals surface area contributed by atoms with Crippen molar-refractivity contribution >= 4 is 5.97 Å². The molecule has 2 rings (SSSR count). The molecular formula is C13H23NO2. The summed E-state index contributed by atoms with van der Waals surface area (Å²) < 4.78 is 0. The lowest BCUT2D eigenvalue weighted by Crippen LogP contribution is -2.52. The zero-order valence-electron chi connectivity index (χ0n) is 10.6. The van der Waals surface area contributed by atoms with E-state index in [2.05, 4.69) is 25.7 Å². The third-order valence-electron chi connectivity index (χ3n) is 4.15. The Morgan fingerprint density at radius 3 is 2.44 bits per heavy atom. The van der Waals surface area contributed by atoms with Gasteiger partial charge < -0.3 is 5.11 Å². The summed E-state index contributed by atoms with van der Waals surface area (Å²) in [6.45, 7) is 6.42. The smallest absolute Gasteiger partial charge is 0.320 e. The minimum absolute atomic E-state index is 0.0280. The molecule has 3 nitrogen and oxygen atoms in total. The van der Waals surface area contributed by atoms with Gasteiger partial charge in [0, 0.05) is 11.6 Å². The largest absolute Gasteiger partial charge is 0.480 e. The molecule has 0 aromatic carbocycles. The van der Waals surface area contributed by atoms with Gasteiger partial charge in [-0.25, -0.2) is 0 Å². The van der Waals surface area contributed by atoms with Gasteiger partial charge in [0.05, 0.1) is 0 Å². The third-order valence-corrected chi connectivity index (χ3v) is 4.15. The molecule has 0 spiro atoms. The summed E-state index contributed by atoms with van der Waals surface area (Å²) in [5.41, 5.74) is -0.0280. The van der Waals surface area contributed by atoms with Crippen molar-refractivity contribution in [3.8, 4) is 0 Å². The van der Waals surface area contributed by atoms with Gasteiger partial charge >= 0.3 is 5.97 Å². The van der Waals surface area contributed by atoms with Crippen molar-refractivity contribution in [3.63, 3.8) is 0 Å². The van der Waals surface area contributed by atoms with Crippen LogP contribution in [0.4, 0.5) is 0 Å². The molecule has 1 aliphatic carbocycles. The first-order valence-corrected chi connectivity index (χ1v) is 6.42. The highest BCUT2D eigenvalue weighted by molar-refractivity contribution is 5.74. The third kappa shape index (κ3) is 1.97. The van der Waals surface area contributed by atoms with Crippen LogP contribution >= 0.6 is 0 Å². The molecule has 3 unspecified atom stereocenters. The van der Waals surface area contributed by atoms with Gasteiger partial charge in [-0.1, -0.05) is 12.8 Å². The van der Waals surface area contributed by atoms with Crippen LogP contribution in [0.1, 0.15) is 52.9 Å². The Morgan fingerprint density at radius 1 is 1.25 bits per heavy atom. The highest BCUT2D eigenvalue weighted by Gasteiger charge is 2.49. The lowest BCUT2D eigenvalue weighted by molar-refractivity contribution is -0.145. The van der Waals surface area contributed by atoms with Gasteiger partial charge in [0.25, 0.3) is 0 Å². The number of hydrogen-bond acceptors (Lipinski definition) is 2. The first-order valence-electron chi connectivity index (χ1n) is 6.42. The Hall–Kier alpha value is -0.570. The summed E-state index contributed by atoms with van der Waals surface area (Å²) in [6, 6.07) is 0.253. The number of carboxylic acid groups (broad SMARTS) is 1. The maximum absolute atomic E-state index is 11.4. The van der Waals surface area contributed by atoms with Crippen molar-refractivity contribution in [1.82, 2.24) is 4.90 Å². The van der Waals surface area contributed by atoms with Crippen LogP contribution < -0.4 is 0 Å². The zero-order valence-corrected chi connectivity index (χ0v) is 10.6. The van der Waals surface area contributed by atoms with Gasteiger partial charge in [-0.3, -0.25) is 9.69 Å². The van der Waals surface area contributed by atoms with E-state index < -0.39 is 5.97 Å². The number of carboxylic acids is 1. The molecule has 2 fully saturated rings. The quantitative estimate of drug-likeness (QED) is 0.745. The highest BCUT2D eigenvalue weighted by Crippen LogP contribution is 2.43. The standard InChI is InChI=1S/C13H23NO2/c1-13(2,3)14-10-7-5-4-6-9(10)8-11(14)12(15)16/h9-11H,4-8H2,1-3H3,(H,15,16). The average Bonchev–Trinajstić information content (AvgIpc) is 2.55. The van der Waals surface area contributed by atoms with Crippen LogP contribution in [0.15, 0.2) is 0 Å². The molecule has 3 heteroatoms. The average molecular weight is 225 g/mol. The van der Waals surface area contributed by atoms with Gasteiger partial charge in [-0.2, -0.15) is 0 Å².